The molecule has 7 heavy (non-hydrogen) atoms. The van der Waals surface area contributed by atoms with E-state index >= 15 is 0 Å². The van der Waals surface area contributed by atoms with E-state index in [9.17, 15) is 0 Å². The Morgan fingerprint density at radius 3 is 2.71 bits per heavy atom. The molecule has 0 amide bonds. The lowest BCUT2D eigenvalue weighted by atomic mass is 10.2. The van der Waals surface area contributed by atoms with E-state index < -0.39 is 0 Å². The van der Waals surface area contributed by atoms with Crippen LogP contribution in [-0.2, 0) is 0 Å². The van der Waals surface area contributed by atoms with Gasteiger partial charge in [-0.25, -0.2) is 0 Å². The molecule has 2 rings (SSSR count). The van der Waals surface area contributed by atoms with Gasteiger partial charge in [0.15, 0.2) is 0 Å². The van der Waals surface area contributed by atoms with E-state index in [1.807, 2.05) is 0 Å². The van der Waals surface area contributed by atoms with Gasteiger partial charge in [0.05, 0.1) is 6.17 Å². The van der Waals surface area contributed by atoms with Crippen molar-refractivity contribution in [3.05, 3.63) is 0 Å². The third-order valence-electron chi connectivity index (χ3n) is 1.91. The average molecular weight is 98.1 g/mol. The Morgan fingerprint density at radius 2 is 2.43 bits per heavy atom. The molecular weight excluding hydrogens is 88.1 g/mol. The lowest BCUT2D eigenvalue weighted by molar-refractivity contribution is 0.128. The fourth-order valence-corrected chi connectivity index (χ4v) is 1.31. The summed E-state index contributed by atoms with van der Waals surface area (Å²) in [7, 11) is 0. The molecule has 2 heterocycles. The minimum Gasteiger partial charge on any atom is -0.300 e. The molecule has 40 valence electrons. The van der Waals surface area contributed by atoms with Crippen LogP contribution in [0.1, 0.15) is 6.42 Å². The first-order valence-electron chi connectivity index (χ1n) is 2.94. The van der Waals surface area contributed by atoms with Gasteiger partial charge >= 0.3 is 0 Å². The molecule has 0 radical (unpaired) electrons. The van der Waals surface area contributed by atoms with Gasteiger partial charge < -0.3 is 5.32 Å². The second kappa shape index (κ2) is 1.20. The van der Waals surface area contributed by atoms with E-state index in [-0.39, 0.29) is 0 Å². The van der Waals surface area contributed by atoms with E-state index in [2.05, 4.69) is 10.2 Å². The number of nitrogens with zero attached hydrogens (tertiary/aromatic N) is 1. The highest BCUT2D eigenvalue weighted by atomic mass is 15.4. The maximum atomic E-state index is 3.38. The molecule has 2 heteroatoms. The van der Waals surface area contributed by atoms with Crippen LogP contribution in [0.15, 0.2) is 0 Å². The summed E-state index contributed by atoms with van der Waals surface area (Å²) in [6.07, 6.45) is 2.15. The topological polar surface area (TPSA) is 15.3 Å². The Balaban J connectivity index is 2.03. The first-order chi connectivity index (χ1) is 3.47. The summed E-state index contributed by atoms with van der Waals surface area (Å²) < 4.78 is 0. The summed E-state index contributed by atoms with van der Waals surface area (Å²) in [4.78, 5) is 2.47. The number of fused-ring (bicyclic) bond motifs is 1. The highest BCUT2D eigenvalue weighted by Crippen LogP contribution is 2.16. The molecule has 0 aromatic heterocycles. The highest BCUT2D eigenvalue weighted by molar-refractivity contribution is 4.86. The molecule has 0 aromatic rings. The van der Waals surface area contributed by atoms with Crippen LogP contribution in [0.2, 0.25) is 0 Å². The second-order valence-corrected chi connectivity index (χ2v) is 2.29. The van der Waals surface area contributed by atoms with Crippen LogP contribution in [0.3, 0.4) is 0 Å². The third kappa shape index (κ3) is 0.409. The van der Waals surface area contributed by atoms with Crippen molar-refractivity contribution in [3.63, 3.8) is 0 Å². The fourth-order valence-electron chi connectivity index (χ4n) is 1.31. The molecule has 0 aromatic carbocycles. The molecule has 0 saturated carbocycles. The molecule has 0 spiro atoms. The first-order valence-corrected chi connectivity index (χ1v) is 2.94. The molecule has 0 bridgehead atoms. The van der Waals surface area contributed by atoms with Gasteiger partial charge in [-0.2, -0.15) is 0 Å². The normalized spacial score (nSPS) is 40.3. The van der Waals surface area contributed by atoms with E-state index in [0.29, 0.717) is 0 Å². The Kier molecular flexibility index (Phi) is 0.664. The molecule has 1 N–H and O–H groups in total. The summed E-state index contributed by atoms with van der Waals surface area (Å²) in [6, 6.07) is 0. The van der Waals surface area contributed by atoms with Gasteiger partial charge in [-0.05, 0) is 6.42 Å². The quantitative estimate of drug-likeness (QED) is 0.444. The van der Waals surface area contributed by atoms with E-state index in [1.54, 1.807) is 0 Å². The van der Waals surface area contributed by atoms with Gasteiger partial charge in [0, 0.05) is 19.6 Å². The highest BCUT2D eigenvalue weighted by Gasteiger charge is 2.30. The molecule has 2 fully saturated rings. The van der Waals surface area contributed by atoms with Crippen LogP contribution in [0.5, 0.6) is 0 Å². The number of hydrogen-bond acceptors (Lipinski definition) is 2. The van der Waals surface area contributed by atoms with Crippen LogP contribution in [-0.4, -0.2) is 30.7 Å². The first kappa shape index (κ1) is 3.87. The molecule has 2 nitrogen and oxygen atoms in total. The van der Waals surface area contributed by atoms with Crippen molar-refractivity contribution in [1.82, 2.24) is 10.2 Å². The standard InChI is InChI=1S/C5H10N2/c1-3-7-4-2-6-5(1)7/h5-6H,1-4H2. The van der Waals surface area contributed by atoms with E-state index in [0.717, 1.165) is 6.17 Å². The summed E-state index contributed by atoms with van der Waals surface area (Å²) in [5, 5.41) is 3.38. The Morgan fingerprint density at radius 1 is 1.43 bits per heavy atom. The van der Waals surface area contributed by atoms with Crippen molar-refractivity contribution in [3.8, 4) is 0 Å². The third-order valence-corrected chi connectivity index (χ3v) is 1.91. The second-order valence-electron chi connectivity index (χ2n) is 2.29. The van der Waals surface area contributed by atoms with E-state index in [1.165, 1.54) is 26.1 Å². The van der Waals surface area contributed by atoms with Crippen LogP contribution in [0.4, 0.5) is 0 Å². The van der Waals surface area contributed by atoms with Crippen molar-refractivity contribution in [1.29, 1.82) is 0 Å². The predicted molar refractivity (Wildman–Crippen MR) is 28.0 cm³/mol. The Labute approximate surface area is 43.5 Å². The number of nitrogens with one attached hydrogen (secondary N) is 1. The zero-order valence-corrected chi connectivity index (χ0v) is 4.35. The van der Waals surface area contributed by atoms with Crippen molar-refractivity contribution in [2.75, 3.05) is 19.6 Å². The maximum Gasteiger partial charge on any atom is 0.0610 e. The van der Waals surface area contributed by atoms with Crippen LogP contribution in [0, 0.1) is 0 Å². The fraction of sp³-hybridized carbons (Fsp3) is 1.00. The monoisotopic (exact) mass is 98.1 g/mol. The van der Waals surface area contributed by atoms with Crippen LogP contribution in [0.25, 0.3) is 0 Å². The maximum absolute atomic E-state index is 3.38. The zero-order valence-electron chi connectivity index (χ0n) is 4.35. The molecule has 2 aliphatic rings. The molecular formula is C5H10N2. The van der Waals surface area contributed by atoms with Gasteiger partial charge in [-0.1, -0.05) is 0 Å². The summed E-state index contributed by atoms with van der Waals surface area (Å²) in [6.45, 7) is 3.83. The minimum absolute atomic E-state index is 0.778. The van der Waals surface area contributed by atoms with Gasteiger partial charge in [0.25, 0.3) is 0 Å². The van der Waals surface area contributed by atoms with Crippen LogP contribution >= 0.6 is 0 Å². The van der Waals surface area contributed by atoms with Crippen LogP contribution < -0.4 is 5.32 Å². The largest absolute Gasteiger partial charge is 0.300 e. The predicted octanol–water partition coefficient (Wildman–Crippen LogP) is -0.379. The van der Waals surface area contributed by atoms with Crippen molar-refractivity contribution in [2.24, 2.45) is 0 Å². The smallest absolute Gasteiger partial charge is 0.0610 e. The molecule has 0 aliphatic carbocycles. The van der Waals surface area contributed by atoms with Gasteiger partial charge in [0.1, 0.15) is 0 Å². The van der Waals surface area contributed by atoms with Gasteiger partial charge in [-0.3, -0.25) is 4.90 Å². The lowest BCUT2D eigenvalue weighted by Crippen LogP contribution is -2.47. The van der Waals surface area contributed by atoms with Crippen molar-refractivity contribution in [2.45, 2.75) is 12.6 Å². The SMILES string of the molecule is C1CN2CCC2N1. The minimum atomic E-state index is 0.778. The van der Waals surface area contributed by atoms with E-state index in [4.69, 9.17) is 0 Å². The molecule has 1 atom stereocenters. The lowest BCUT2D eigenvalue weighted by Gasteiger charge is -2.33. The van der Waals surface area contributed by atoms with Gasteiger partial charge in [-0.15, -0.1) is 0 Å². The van der Waals surface area contributed by atoms with Crippen molar-refractivity contribution >= 4 is 0 Å². The number of rotatable bonds is 0. The molecule has 2 aliphatic heterocycles. The summed E-state index contributed by atoms with van der Waals surface area (Å²) in [5.41, 5.74) is 0. The summed E-state index contributed by atoms with van der Waals surface area (Å²) in [5.74, 6) is 0. The Bertz CT molecular complexity index is 72.1. The zero-order chi connectivity index (χ0) is 4.69. The van der Waals surface area contributed by atoms with Gasteiger partial charge in [0.2, 0.25) is 0 Å². The molecule has 1 unspecified atom stereocenters. The average Bonchev–Trinajstić information content (AvgIpc) is 1.85. The summed E-state index contributed by atoms with van der Waals surface area (Å²) >= 11 is 0. The Hall–Kier alpha value is -0.0800. The van der Waals surface area contributed by atoms with Crippen molar-refractivity contribution < 1.29 is 0 Å². The number of hydrogen-bond donors (Lipinski definition) is 1. The molecule has 2 saturated heterocycles.